The second kappa shape index (κ2) is 12.3. The van der Waals surface area contributed by atoms with Crippen molar-refractivity contribution in [3.05, 3.63) is 59.9 Å². The van der Waals surface area contributed by atoms with Gasteiger partial charge >= 0.3 is 0 Å². The first-order valence-electron chi connectivity index (χ1n) is 9.31. The average Bonchev–Trinajstić information content (AvgIpc) is 3.09. The van der Waals surface area contributed by atoms with Gasteiger partial charge in [0.15, 0.2) is 0 Å². The number of hydrogen-bond donors (Lipinski definition) is 1. The van der Waals surface area contributed by atoms with Crippen molar-refractivity contribution in [3.63, 3.8) is 0 Å². The number of aromatic nitrogens is 1. The maximum atomic E-state index is 10.3. The first kappa shape index (κ1) is 21.2. The summed E-state index contributed by atoms with van der Waals surface area (Å²) in [5.74, 6) is 2.42. The number of aliphatic hydroxyl groups excluding tert-OH is 1. The van der Waals surface area contributed by atoms with E-state index in [1.165, 1.54) is 11.3 Å². The minimum atomic E-state index is -0.571. The van der Waals surface area contributed by atoms with Crippen LogP contribution < -0.4 is 0 Å². The van der Waals surface area contributed by atoms with E-state index in [1.807, 2.05) is 6.07 Å². The first-order valence-corrected chi connectivity index (χ1v) is 9.31. The standard InChI is InChI=1S/C22H30N2O3/c1-3-14-27-19-22(25)18-23(12-8-15-26-2)17-21-11-7-13-24(21)16-20-9-5-4-6-10-20/h1,4-7,9-11,13,22,25H,8,12,14-19H2,2H3/t22-/m1/s1. The number of benzene rings is 1. The van der Waals surface area contributed by atoms with Gasteiger partial charge in [-0.1, -0.05) is 36.3 Å². The Kier molecular flexibility index (Phi) is 9.67. The topological polar surface area (TPSA) is 46.9 Å². The molecule has 0 spiro atoms. The Hall–Kier alpha value is -2.10. The van der Waals surface area contributed by atoms with Crippen LogP contribution in [0, 0.1) is 12.3 Å². The summed E-state index contributed by atoms with van der Waals surface area (Å²) in [6.07, 6.45) is 7.62. The van der Waals surface area contributed by atoms with Crippen molar-refractivity contribution >= 4 is 0 Å². The molecule has 1 aromatic carbocycles. The van der Waals surface area contributed by atoms with Crippen molar-refractivity contribution < 1.29 is 14.6 Å². The zero-order valence-electron chi connectivity index (χ0n) is 16.1. The van der Waals surface area contributed by atoms with Gasteiger partial charge in [-0.3, -0.25) is 4.90 Å². The Morgan fingerprint density at radius 1 is 1.22 bits per heavy atom. The second-order valence-electron chi connectivity index (χ2n) is 6.57. The lowest BCUT2D eigenvalue weighted by atomic mass is 10.2. The molecule has 0 aliphatic heterocycles. The summed E-state index contributed by atoms with van der Waals surface area (Å²) in [6.45, 7) is 4.14. The van der Waals surface area contributed by atoms with Gasteiger partial charge in [0.1, 0.15) is 6.61 Å². The molecule has 0 saturated heterocycles. The third kappa shape index (κ3) is 7.98. The fourth-order valence-corrected chi connectivity index (χ4v) is 3.03. The smallest absolute Gasteiger partial charge is 0.107 e. The molecule has 0 aliphatic carbocycles. The molecule has 5 nitrogen and oxygen atoms in total. The summed E-state index contributed by atoms with van der Waals surface area (Å²) in [5.41, 5.74) is 2.48. The van der Waals surface area contributed by atoms with Crippen LogP contribution in [0.3, 0.4) is 0 Å². The number of ether oxygens (including phenoxy) is 2. The van der Waals surface area contributed by atoms with E-state index in [2.05, 4.69) is 58.0 Å². The van der Waals surface area contributed by atoms with E-state index in [4.69, 9.17) is 15.9 Å². The highest BCUT2D eigenvalue weighted by atomic mass is 16.5. The van der Waals surface area contributed by atoms with Gasteiger partial charge in [-0.25, -0.2) is 0 Å². The molecule has 1 N–H and O–H groups in total. The maximum absolute atomic E-state index is 10.3. The summed E-state index contributed by atoms with van der Waals surface area (Å²) >= 11 is 0. The predicted molar refractivity (Wildman–Crippen MR) is 107 cm³/mol. The second-order valence-corrected chi connectivity index (χ2v) is 6.57. The van der Waals surface area contributed by atoms with Gasteiger partial charge in [-0.05, 0) is 24.1 Å². The molecule has 1 atom stereocenters. The van der Waals surface area contributed by atoms with Crippen molar-refractivity contribution in [2.24, 2.45) is 0 Å². The molecular weight excluding hydrogens is 340 g/mol. The molecule has 5 heteroatoms. The fourth-order valence-electron chi connectivity index (χ4n) is 3.03. The van der Waals surface area contributed by atoms with Crippen LogP contribution in [0.15, 0.2) is 48.7 Å². The fraction of sp³-hybridized carbons (Fsp3) is 0.455. The van der Waals surface area contributed by atoms with Gasteiger partial charge < -0.3 is 19.1 Å². The number of terminal acetylenes is 1. The van der Waals surface area contributed by atoms with Crippen molar-refractivity contribution in [1.82, 2.24) is 9.47 Å². The largest absolute Gasteiger partial charge is 0.389 e. The van der Waals surface area contributed by atoms with E-state index in [9.17, 15) is 5.11 Å². The lowest BCUT2D eigenvalue weighted by Crippen LogP contribution is -2.36. The van der Waals surface area contributed by atoms with Crippen LogP contribution >= 0.6 is 0 Å². The molecule has 0 fully saturated rings. The zero-order chi connectivity index (χ0) is 19.3. The van der Waals surface area contributed by atoms with Crippen LogP contribution in [0.5, 0.6) is 0 Å². The summed E-state index contributed by atoms with van der Waals surface area (Å²) in [7, 11) is 1.71. The molecule has 0 aliphatic rings. The minimum absolute atomic E-state index is 0.223. The average molecular weight is 370 g/mol. The van der Waals surface area contributed by atoms with Gasteiger partial charge in [0.2, 0.25) is 0 Å². The lowest BCUT2D eigenvalue weighted by Gasteiger charge is -2.25. The van der Waals surface area contributed by atoms with Crippen molar-refractivity contribution in [2.45, 2.75) is 25.6 Å². The first-order chi connectivity index (χ1) is 13.2. The van der Waals surface area contributed by atoms with E-state index in [0.717, 1.165) is 26.1 Å². The van der Waals surface area contributed by atoms with E-state index in [0.29, 0.717) is 13.2 Å². The maximum Gasteiger partial charge on any atom is 0.107 e. The monoisotopic (exact) mass is 370 g/mol. The van der Waals surface area contributed by atoms with Crippen LogP contribution in [0.2, 0.25) is 0 Å². The van der Waals surface area contributed by atoms with Crippen LogP contribution in [0.25, 0.3) is 0 Å². The Morgan fingerprint density at radius 3 is 2.78 bits per heavy atom. The van der Waals surface area contributed by atoms with E-state index < -0.39 is 6.10 Å². The number of rotatable bonds is 13. The normalized spacial score (nSPS) is 12.2. The van der Waals surface area contributed by atoms with Gasteiger partial charge in [-0.2, -0.15) is 0 Å². The Morgan fingerprint density at radius 2 is 2.04 bits per heavy atom. The summed E-state index contributed by atoms with van der Waals surface area (Å²) in [6, 6.07) is 14.6. The lowest BCUT2D eigenvalue weighted by molar-refractivity contribution is 0.0240. The molecule has 0 bridgehead atoms. The third-order valence-electron chi connectivity index (χ3n) is 4.29. The molecule has 0 radical (unpaired) electrons. The molecule has 0 saturated carbocycles. The quantitative estimate of drug-likeness (QED) is 0.434. The Bertz CT molecular complexity index is 678. The molecule has 2 rings (SSSR count). The molecule has 27 heavy (non-hydrogen) atoms. The predicted octanol–water partition coefficient (Wildman–Crippen LogP) is 2.39. The highest BCUT2D eigenvalue weighted by Gasteiger charge is 2.14. The van der Waals surface area contributed by atoms with Gasteiger partial charge in [0.05, 0.1) is 12.7 Å². The molecule has 2 aromatic rings. The molecular formula is C22H30N2O3. The summed E-state index contributed by atoms with van der Waals surface area (Å²) in [4.78, 5) is 2.24. The molecule has 146 valence electrons. The molecule has 0 unspecified atom stereocenters. The van der Waals surface area contributed by atoms with Gasteiger partial charge in [0, 0.05) is 51.8 Å². The van der Waals surface area contributed by atoms with Crippen LogP contribution in [0.1, 0.15) is 17.7 Å². The van der Waals surface area contributed by atoms with Crippen LogP contribution in [-0.4, -0.2) is 60.7 Å². The summed E-state index contributed by atoms with van der Waals surface area (Å²) in [5, 5.41) is 10.3. The van der Waals surface area contributed by atoms with E-state index in [1.54, 1.807) is 7.11 Å². The van der Waals surface area contributed by atoms with Crippen molar-refractivity contribution in [3.8, 4) is 12.3 Å². The van der Waals surface area contributed by atoms with Gasteiger partial charge in [0.25, 0.3) is 0 Å². The van der Waals surface area contributed by atoms with Gasteiger partial charge in [-0.15, -0.1) is 6.42 Å². The van der Waals surface area contributed by atoms with Crippen molar-refractivity contribution in [1.29, 1.82) is 0 Å². The van der Waals surface area contributed by atoms with Crippen LogP contribution in [0.4, 0.5) is 0 Å². The van der Waals surface area contributed by atoms with E-state index >= 15 is 0 Å². The van der Waals surface area contributed by atoms with Crippen molar-refractivity contribution in [2.75, 3.05) is 40.0 Å². The highest BCUT2D eigenvalue weighted by molar-refractivity contribution is 5.17. The number of hydrogen-bond acceptors (Lipinski definition) is 4. The SMILES string of the molecule is C#CCOC[C@H](O)CN(CCCOC)Cc1cccn1Cc1ccccc1. The van der Waals surface area contributed by atoms with Crippen LogP contribution in [-0.2, 0) is 22.6 Å². The number of nitrogens with zero attached hydrogens (tertiary/aromatic N) is 2. The minimum Gasteiger partial charge on any atom is -0.389 e. The third-order valence-corrected chi connectivity index (χ3v) is 4.29. The van der Waals surface area contributed by atoms with E-state index in [-0.39, 0.29) is 13.2 Å². The molecule has 1 aromatic heterocycles. The molecule has 1 heterocycles. The molecule has 0 amide bonds. The number of methoxy groups -OCH3 is 1. The Balaban J connectivity index is 1.97. The zero-order valence-corrected chi connectivity index (χ0v) is 16.1. The highest BCUT2D eigenvalue weighted by Crippen LogP contribution is 2.11. The Labute approximate surface area is 162 Å². The summed E-state index contributed by atoms with van der Waals surface area (Å²) < 4.78 is 12.7. The number of aliphatic hydroxyl groups is 1.